The van der Waals surface area contributed by atoms with Gasteiger partial charge in [-0.15, -0.1) is 0 Å². The average Bonchev–Trinajstić information content (AvgIpc) is 3.64. The number of aldehydes is 1. The predicted octanol–water partition coefficient (Wildman–Crippen LogP) is 5.37. The molecule has 32 heavy (non-hydrogen) atoms. The van der Waals surface area contributed by atoms with E-state index in [0.717, 1.165) is 49.3 Å². The molecule has 2 unspecified atom stereocenters. The van der Waals surface area contributed by atoms with Gasteiger partial charge in [0.15, 0.2) is 0 Å². The number of carbonyl (C=O) groups excluding carboxylic acids is 1. The van der Waals surface area contributed by atoms with E-state index in [-0.39, 0.29) is 12.0 Å². The molecule has 0 radical (unpaired) electrons. The number of nitrogens with one attached hydrogen (secondary N) is 1. The van der Waals surface area contributed by atoms with Gasteiger partial charge in [-0.2, -0.15) is 0 Å². The van der Waals surface area contributed by atoms with Crippen LogP contribution in [0.3, 0.4) is 0 Å². The number of nitrogens with zero attached hydrogens (tertiary/aromatic N) is 2. The van der Waals surface area contributed by atoms with E-state index in [9.17, 15) is 4.79 Å². The van der Waals surface area contributed by atoms with E-state index < -0.39 is 0 Å². The van der Waals surface area contributed by atoms with Crippen LogP contribution in [-0.4, -0.2) is 43.4 Å². The van der Waals surface area contributed by atoms with Crippen LogP contribution in [0.1, 0.15) is 31.2 Å². The molecule has 5 heteroatoms. The van der Waals surface area contributed by atoms with Gasteiger partial charge in [-0.05, 0) is 61.0 Å². The number of allylic oxidation sites excluding steroid dienone is 1. The molecule has 0 aliphatic heterocycles. The molecule has 2 atom stereocenters. The second kappa shape index (κ2) is 11.0. The van der Waals surface area contributed by atoms with E-state index >= 15 is 0 Å². The molecular formula is C27H33N3OS. The van der Waals surface area contributed by atoms with Crippen molar-refractivity contribution < 1.29 is 4.79 Å². The first-order valence-electron chi connectivity index (χ1n) is 11.5. The minimum absolute atomic E-state index is 0.112. The van der Waals surface area contributed by atoms with Crippen molar-refractivity contribution >= 4 is 24.6 Å². The SMILES string of the molecule is CSNC1CCC(N=CN(C)CC2CC2)=C(C=O)C1Cc1cccc(-c2ccccc2)c1. The van der Waals surface area contributed by atoms with E-state index in [1.165, 1.54) is 29.5 Å². The summed E-state index contributed by atoms with van der Waals surface area (Å²) in [4.78, 5) is 19.2. The monoisotopic (exact) mass is 447 g/mol. The first kappa shape index (κ1) is 22.8. The van der Waals surface area contributed by atoms with E-state index in [1.54, 1.807) is 11.9 Å². The van der Waals surface area contributed by atoms with E-state index in [1.807, 2.05) is 12.4 Å². The van der Waals surface area contributed by atoms with E-state index in [2.05, 4.69) is 71.5 Å². The molecule has 0 aromatic heterocycles. The Morgan fingerprint density at radius 2 is 1.88 bits per heavy atom. The summed E-state index contributed by atoms with van der Waals surface area (Å²) in [6, 6.07) is 19.4. The summed E-state index contributed by atoms with van der Waals surface area (Å²) < 4.78 is 3.55. The average molecular weight is 448 g/mol. The molecule has 0 bridgehead atoms. The standard InChI is InChI=1S/C27H33N3OS/c1-30(17-20-11-12-20)19-28-26-13-14-27(29-32-2)24(25(26)18-31)16-21-7-6-10-23(15-21)22-8-4-3-5-9-22/h3-10,15,18-20,24,27,29H,11-14,16-17H2,1-2H3. The highest BCUT2D eigenvalue weighted by atomic mass is 32.2. The largest absolute Gasteiger partial charge is 0.365 e. The maximum Gasteiger partial charge on any atom is 0.148 e. The third kappa shape index (κ3) is 5.90. The van der Waals surface area contributed by atoms with Gasteiger partial charge in [0.1, 0.15) is 6.29 Å². The molecule has 2 aromatic rings. The van der Waals surface area contributed by atoms with Gasteiger partial charge in [-0.25, -0.2) is 4.99 Å². The number of hydrogen-bond donors (Lipinski definition) is 1. The van der Waals surface area contributed by atoms with Crippen molar-refractivity contribution in [2.24, 2.45) is 16.8 Å². The Morgan fingerprint density at radius 1 is 1.09 bits per heavy atom. The van der Waals surface area contributed by atoms with Crippen LogP contribution in [0.4, 0.5) is 0 Å². The van der Waals surface area contributed by atoms with Crippen LogP contribution in [-0.2, 0) is 11.2 Å². The molecule has 4 nitrogen and oxygen atoms in total. The summed E-state index contributed by atoms with van der Waals surface area (Å²) in [5.74, 6) is 0.928. The van der Waals surface area contributed by atoms with Gasteiger partial charge in [0.2, 0.25) is 0 Å². The normalized spacial score (nSPS) is 21.2. The molecule has 4 rings (SSSR count). The lowest BCUT2D eigenvalue weighted by Gasteiger charge is -2.33. The van der Waals surface area contributed by atoms with Crippen molar-refractivity contribution in [3.8, 4) is 11.1 Å². The topological polar surface area (TPSA) is 44.7 Å². The molecule has 0 spiro atoms. The third-order valence-corrected chi connectivity index (χ3v) is 6.99. The Morgan fingerprint density at radius 3 is 2.59 bits per heavy atom. The Hall–Kier alpha value is -2.37. The maximum absolute atomic E-state index is 12.3. The van der Waals surface area contributed by atoms with Gasteiger partial charge in [0.05, 0.1) is 6.34 Å². The fourth-order valence-corrected chi connectivity index (χ4v) is 5.18. The molecule has 2 aliphatic rings. The Balaban J connectivity index is 1.58. The molecule has 1 fully saturated rings. The molecule has 2 aliphatic carbocycles. The van der Waals surface area contributed by atoms with Gasteiger partial charge in [0.25, 0.3) is 0 Å². The van der Waals surface area contributed by atoms with Gasteiger partial charge in [0, 0.05) is 36.8 Å². The Kier molecular flexibility index (Phi) is 7.82. The molecule has 0 saturated heterocycles. The number of carbonyl (C=O) groups is 1. The molecular weight excluding hydrogens is 414 g/mol. The van der Waals surface area contributed by atoms with Crippen LogP contribution >= 0.6 is 11.9 Å². The minimum Gasteiger partial charge on any atom is -0.365 e. The van der Waals surface area contributed by atoms with Crippen molar-refractivity contribution in [1.82, 2.24) is 9.62 Å². The lowest BCUT2D eigenvalue weighted by molar-refractivity contribution is -0.105. The summed E-state index contributed by atoms with van der Waals surface area (Å²) in [6.45, 7) is 1.06. The zero-order valence-corrected chi connectivity index (χ0v) is 19.9. The zero-order chi connectivity index (χ0) is 22.3. The highest BCUT2D eigenvalue weighted by molar-refractivity contribution is 7.96. The molecule has 2 aromatic carbocycles. The van der Waals surface area contributed by atoms with Crippen molar-refractivity contribution in [1.29, 1.82) is 0 Å². The Bertz CT molecular complexity index is 968. The smallest absolute Gasteiger partial charge is 0.148 e. The third-order valence-electron chi connectivity index (χ3n) is 6.45. The van der Waals surface area contributed by atoms with Crippen molar-refractivity contribution in [2.45, 2.75) is 38.1 Å². The lowest BCUT2D eigenvalue weighted by Crippen LogP contribution is -2.38. The predicted molar refractivity (Wildman–Crippen MR) is 136 cm³/mol. The number of rotatable bonds is 10. The van der Waals surface area contributed by atoms with Crippen LogP contribution in [0.25, 0.3) is 11.1 Å². The maximum atomic E-state index is 12.3. The van der Waals surface area contributed by atoms with Crippen molar-refractivity contribution in [3.05, 3.63) is 71.4 Å². The zero-order valence-electron chi connectivity index (χ0n) is 19.0. The molecule has 168 valence electrons. The van der Waals surface area contributed by atoms with Crippen LogP contribution in [0.5, 0.6) is 0 Å². The second-order valence-corrected chi connectivity index (χ2v) is 9.64. The van der Waals surface area contributed by atoms with Gasteiger partial charge < -0.3 is 4.90 Å². The van der Waals surface area contributed by atoms with Crippen LogP contribution in [0, 0.1) is 11.8 Å². The first-order valence-corrected chi connectivity index (χ1v) is 12.8. The summed E-state index contributed by atoms with van der Waals surface area (Å²) in [5, 5.41) is 0. The fourth-order valence-electron chi connectivity index (χ4n) is 4.59. The molecule has 0 heterocycles. The minimum atomic E-state index is 0.112. The molecule has 1 saturated carbocycles. The number of benzene rings is 2. The van der Waals surface area contributed by atoms with Crippen molar-refractivity contribution in [2.75, 3.05) is 19.8 Å². The van der Waals surface area contributed by atoms with E-state index in [4.69, 9.17) is 4.99 Å². The number of hydrogen-bond acceptors (Lipinski definition) is 4. The second-order valence-electron chi connectivity index (χ2n) is 8.99. The van der Waals surface area contributed by atoms with Crippen molar-refractivity contribution in [3.63, 3.8) is 0 Å². The Labute approximate surface area is 196 Å². The lowest BCUT2D eigenvalue weighted by atomic mass is 9.78. The number of aliphatic imine (C=N–C) groups is 1. The van der Waals surface area contributed by atoms with Crippen LogP contribution in [0.2, 0.25) is 0 Å². The fraction of sp³-hybridized carbons (Fsp3) is 0.407. The summed E-state index contributed by atoms with van der Waals surface area (Å²) in [6.07, 6.45) is 10.3. The van der Waals surface area contributed by atoms with Crippen LogP contribution in [0.15, 0.2) is 70.9 Å². The quantitative estimate of drug-likeness (QED) is 0.230. The first-order chi connectivity index (χ1) is 15.7. The highest BCUT2D eigenvalue weighted by Crippen LogP contribution is 2.34. The molecule has 0 amide bonds. The van der Waals surface area contributed by atoms with Gasteiger partial charge >= 0.3 is 0 Å². The van der Waals surface area contributed by atoms with Gasteiger partial charge in [-0.3, -0.25) is 9.52 Å². The van der Waals surface area contributed by atoms with Gasteiger partial charge in [-0.1, -0.05) is 66.5 Å². The highest BCUT2D eigenvalue weighted by Gasteiger charge is 2.31. The van der Waals surface area contributed by atoms with Crippen LogP contribution < -0.4 is 4.72 Å². The summed E-state index contributed by atoms with van der Waals surface area (Å²) in [7, 11) is 2.08. The molecule has 1 N–H and O–H groups in total. The summed E-state index contributed by atoms with van der Waals surface area (Å²) >= 11 is 1.63. The van der Waals surface area contributed by atoms with E-state index in [0.29, 0.717) is 0 Å². The summed E-state index contributed by atoms with van der Waals surface area (Å²) in [5.41, 5.74) is 5.48.